The van der Waals surface area contributed by atoms with E-state index in [-0.39, 0.29) is 112 Å². The standard InChI is InChI=1S/C73H105N23O21/c1-40(2)32-52(92-68(109)54-19-12-30-94(54)69(110)73(26-13-29-84-72(80)81,57(97)33-43-34-60(101)117-56-36-45(115-4)21-22-46(43)56)93-63(104)47(74)16-8-9-31-116-39-42-14-6-5-7-15-42)64(105)86-38-58(98)88-53(37-85-48-23-20-44(95(111)112)35-55(48)96(113)114)67(108)87-41(3)62(103)90-50(18-11-28-83-71(78)79)65(106)91-51(24-25-59(99)100)66(107)89-49(61(75)102)17-10-27-82-70(76)77/h5-7,14-15,20-23,34-36,40-41,47,49-54,85H,8-13,16-19,24-33,37-39,74H2,1-4H3,(H2,75,102)(H,86,105)(H,87,108)(H,88,98)(H,89,107)(H,90,103)(H,91,106)(H,92,109)(H,93,104)(H,99,100)(H4,76,77,82)(H4,78,79,83)(H4,80,81,84)/t41-,47-,49+,50+,51+,52-,53-,54-,73-/m0/s1. The molecule has 9 atom stereocenters. The Balaban J connectivity index is 1.42. The predicted molar refractivity (Wildman–Crippen MR) is 423 cm³/mol. The number of nitrogens with two attached hydrogens (primary N) is 5. The predicted octanol–water partition coefficient (Wildman–Crippen LogP) is -2.37. The van der Waals surface area contributed by atoms with E-state index in [1.807, 2.05) is 30.3 Å². The van der Waals surface area contributed by atoms with Gasteiger partial charge in [0.2, 0.25) is 53.2 Å². The lowest BCUT2D eigenvalue weighted by Gasteiger charge is -2.38. The zero-order chi connectivity index (χ0) is 86.6. The van der Waals surface area contributed by atoms with Crippen LogP contribution in [0.5, 0.6) is 5.75 Å². The van der Waals surface area contributed by atoms with Gasteiger partial charge in [0.25, 0.3) is 17.3 Å². The summed E-state index contributed by atoms with van der Waals surface area (Å²) in [6, 6.07) is 4.92. The van der Waals surface area contributed by atoms with Crippen molar-refractivity contribution in [3.63, 3.8) is 0 Å². The number of hydrogen-bond donors (Lipinski definition) is 21. The Morgan fingerprint density at radius 3 is 1.89 bits per heavy atom. The molecule has 0 spiro atoms. The summed E-state index contributed by atoms with van der Waals surface area (Å²) in [5.74, 6) is -14.3. The highest BCUT2D eigenvalue weighted by Gasteiger charge is 2.52. The van der Waals surface area contributed by atoms with Gasteiger partial charge < -0.3 is 116 Å². The van der Waals surface area contributed by atoms with Crippen LogP contribution in [0.1, 0.15) is 122 Å². The number of carbonyl (C=O) groups excluding carboxylic acids is 11. The molecule has 0 radical (unpaired) electrons. The molecule has 44 heteroatoms. The van der Waals surface area contributed by atoms with Gasteiger partial charge in [-0.25, -0.2) is 4.79 Å². The van der Waals surface area contributed by atoms with Crippen LogP contribution >= 0.6 is 0 Å². The fourth-order valence-electron chi connectivity index (χ4n) is 12.5. The average Bonchev–Trinajstić information content (AvgIpc) is 1.77. The number of carbonyl (C=O) groups is 12. The van der Waals surface area contributed by atoms with Gasteiger partial charge in [0.1, 0.15) is 59.3 Å². The number of anilines is 1. The van der Waals surface area contributed by atoms with Crippen molar-refractivity contribution in [1.82, 2.24) is 63.4 Å². The summed E-state index contributed by atoms with van der Waals surface area (Å²) in [4.78, 5) is 206. The van der Waals surface area contributed by atoms with Gasteiger partial charge in [-0.3, -0.25) is 94.0 Å². The lowest BCUT2D eigenvalue weighted by molar-refractivity contribution is -0.393. The van der Waals surface area contributed by atoms with Gasteiger partial charge in [0.15, 0.2) is 29.2 Å². The topological polar surface area (TPSA) is 709 Å². The van der Waals surface area contributed by atoms with E-state index in [4.69, 9.17) is 58.8 Å². The lowest BCUT2D eigenvalue weighted by Crippen LogP contribution is -2.68. The smallest absolute Gasteiger partial charge is 0.336 e. The molecular formula is C73H105N23O21. The Morgan fingerprint density at radius 2 is 1.28 bits per heavy atom. The third-order valence-corrected chi connectivity index (χ3v) is 18.5. The Kier molecular flexibility index (Phi) is 37.8. The first-order valence-electron chi connectivity index (χ1n) is 37.6. The number of primary amides is 1. The minimum Gasteiger partial charge on any atom is -0.497 e. The quantitative estimate of drug-likeness (QED) is 0.00418. The molecule has 44 nitrogen and oxygen atoms in total. The third kappa shape index (κ3) is 30.9. The SMILES string of the molecule is COc1ccc2c(CC(=O)[C@](CCCNC(=N)N)(NC(=O)[C@@H](N)CCCCOCc3ccccc3)C(=O)N3CCC[C@H]3C(=O)N[C@@H](CC(C)C)C(=O)NCC(=O)N[C@@H](CNc3ccc([N+](=O)[O-])cc3[N+](=O)[O-])C(=O)N[C@@H](C)C(=O)N[C@H](CCCNC(=N)N)C(=O)N[C@H](CCC(=O)O)C(=O)N[C@H](CCCNC(=N)N)C(N)=O)cc(=O)oc2c1. The first kappa shape index (κ1) is 94.4. The van der Waals surface area contributed by atoms with Gasteiger partial charge in [0, 0.05) is 75.8 Å². The largest absolute Gasteiger partial charge is 0.497 e. The summed E-state index contributed by atoms with van der Waals surface area (Å²) < 4.78 is 16.6. The highest BCUT2D eigenvalue weighted by atomic mass is 16.6. The molecule has 1 saturated heterocycles. The Hall–Kier alpha value is -13.2. The van der Waals surface area contributed by atoms with E-state index in [1.165, 1.54) is 19.2 Å². The van der Waals surface area contributed by atoms with Crippen LogP contribution in [0.15, 0.2) is 82.0 Å². The molecule has 0 bridgehead atoms. The van der Waals surface area contributed by atoms with E-state index in [2.05, 4.69) is 63.8 Å². The number of likely N-dealkylation sites (tertiary alicyclic amines) is 1. The number of amides is 10. The molecule has 1 aromatic heterocycles. The number of nitro benzene ring substituents is 2. The highest BCUT2D eigenvalue weighted by Crippen LogP contribution is 2.32. The fourth-order valence-corrected chi connectivity index (χ4v) is 12.5. The number of Topliss-reactive ketones (excluding diaryl/α,β-unsaturated/α-hetero) is 1. The molecule has 1 aliphatic rings. The second kappa shape index (κ2) is 46.9. The van der Waals surface area contributed by atoms with E-state index in [9.17, 15) is 78.1 Å². The molecule has 1 aliphatic heterocycles. The zero-order valence-corrected chi connectivity index (χ0v) is 65.2. The number of nitro groups is 2. The zero-order valence-electron chi connectivity index (χ0n) is 65.2. The molecule has 2 heterocycles. The lowest BCUT2D eigenvalue weighted by atomic mass is 9.82. The van der Waals surface area contributed by atoms with Gasteiger partial charge >= 0.3 is 11.6 Å². The van der Waals surface area contributed by atoms with Crippen LogP contribution in [0, 0.1) is 42.4 Å². The molecule has 117 heavy (non-hydrogen) atoms. The van der Waals surface area contributed by atoms with Crippen molar-refractivity contribution in [2.75, 3.05) is 58.3 Å². The Bertz CT molecular complexity index is 4300. The highest BCUT2D eigenvalue weighted by molar-refractivity contribution is 6.15. The normalized spacial score (nSPS) is 14.6. The second-order valence-corrected chi connectivity index (χ2v) is 28.0. The number of benzene rings is 3. The maximum Gasteiger partial charge on any atom is 0.336 e. The molecule has 1 fully saturated rings. The van der Waals surface area contributed by atoms with E-state index in [1.54, 1.807) is 19.9 Å². The number of nitrogens with one attached hydrogen (secondary N) is 15. The van der Waals surface area contributed by atoms with Crippen molar-refractivity contribution in [2.45, 2.75) is 178 Å². The molecule has 638 valence electrons. The number of methoxy groups -OCH3 is 1. The minimum absolute atomic E-state index is 0.0180. The number of carboxylic acids is 1. The number of fused-ring (bicyclic) bond motifs is 1. The Labute approximate surface area is 671 Å². The van der Waals surface area contributed by atoms with E-state index >= 15 is 9.59 Å². The minimum atomic E-state index is -2.56. The number of unbranched alkanes of at least 4 members (excludes halogenated alkanes) is 1. The van der Waals surface area contributed by atoms with Crippen molar-refractivity contribution in [3.05, 3.63) is 115 Å². The maximum atomic E-state index is 15.8. The number of carboxylic acid groups (broad SMARTS) is 1. The van der Waals surface area contributed by atoms with Crippen molar-refractivity contribution in [3.8, 4) is 5.75 Å². The molecule has 0 saturated carbocycles. The molecule has 5 rings (SSSR count). The van der Waals surface area contributed by atoms with Crippen LogP contribution < -0.4 is 103 Å². The summed E-state index contributed by atoms with van der Waals surface area (Å²) in [6.07, 6.45) is -1.93. The molecular weight excluding hydrogens is 1530 g/mol. The second-order valence-electron chi connectivity index (χ2n) is 28.0. The average molecular weight is 1640 g/mol. The summed E-state index contributed by atoms with van der Waals surface area (Å²) in [5, 5.41) is 86.3. The number of nitrogens with zero attached hydrogens (tertiary/aromatic N) is 3. The van der Waals surface area contributed by atoms with Crippen molar-refractivity contribution in [1.29, 1.82) is 16.2 Å². The van der Waals surface area contributed by atoms with E-state index < -0.39 is 208 Å². The summed E-state index contributed by atoms with van der Waals surface area (Å²) in [6.45, 7) is 3.12. The number of ketones is 1. The van der Waals surface area contributed by atoms with Gasteiger partial charge in [0.05, 0.1) is 42.2 Å². The van der Waals surface area contributed by atoms with Crippen molar-refractivity contribution >= 4 is 117 Å². The van der Waals surface area contributed by atoms with Crippen LogP contribution in [0.2, 0.25) is 0 Å². The molecule has 10 amide bonds. The maximum absolute atomic E-state index is 15.8. The number of guanidine groups is 3. The van der Waals surface area contributed by atoms with Gasteiger partial charge in [-0.2, -0.15) is 0 Å². The molecule has 3 aromatic carbocycles. The number of rotatable bonds is 51. The van der Waals surface area contributed by atoms with Gasteiger partial charge in [-0.05, 0) is 126 Å². The number of aliphatic carboxylic acids is 1. The number of hydrogen-bond acceptors (Lipinski definition) is 25. The Morgan fingerprint density at radius 1 is 0.667 bits per heavy atom. The summed E-state index contributed by atoms with van der Waals surface area (Å²) >= 11 is 0. The van der Waals surface area contributed by atoms with Gasteiger partial charge in [-0.15, -0.1) is 0 Å². The van der Waals surface area contributed by atoms with Crippen molar-refractivity contribution < 1.29 is 86.4 Å². The third-order valence-electron chi connectivity index (χ3n) is 18.5. The van der Waals surface area contributed by atoms with Crippen LogP contribution in [0.3, 0.4) is 0 Å². The van der Waals surface area contributed by atoms with E-state index in [0.717, 1.165) is 35.6 Å². The summed E-state index contributed by atoms with van der Waals surface area (Å²) in [7, 11) is 1.38. The van der Waals surface area contributed by atoms with Crippen molar-refractivity contribution in [2.24, 2.45) is 34.6 Å². The van der Waals surface area contributed by atoms with Crippen LogP contribution in [0.25, 0.3) is 11.0 Å². The first-order valence-corrected chi connectivity index (χ1v) is 37.6. The van der Waals surface area contributed by atoms with Gasteiger partial charge in [-0.1, -0.05) is 44.2 Å². The molecule has 26 N–H and O–H groups in total. The number of non-ortho nitro benzene ring substituents is 1. The monoisotopic (exact) mass is 1640 g/mol. The van der Waals surface area contributed by atoms with E-state index in [0.29, 0.717) is 37.9 Å². The molecule has 4 aromatic rings. The number of ether oxygens (including phenoxy) is 2. The molecule has 0 aliphatic carbocycles. The van der Waals surface area contributed by atoms with Crippen LogP contribution in [0.4, 0.5) is 17.1 Å². The van der Waals surface area contributed by atoms with Crippen LogP contribution in [-0.4, -0.2) is 215 Å². The van der Waals surface area contributed by atoms with Crippen LogP contribution in [-0.2, 0) is 75.3 Å². The summed E-state index contributed by atoms with van der Waals surface area (Å²) in [5.41, 5.74) is 24.1. The fraction of sp³-hybridized carbons (Fsp3) is 0.507. The first-order chi connectivity index (χ1) is 55.4. The molecule has 0 unspecified atom stereocenters.